The van der Waals surface area contributed by atoms with E-state index in [-0.39, 0.29) is 18.6 Å². The van der Waals surface area contributed by atoms with E-state index >= 15 is 0 Å². The van der Waals surface area contributed by atoms with Crippen molar-refractivity contribution in [1.82, 2.24) is 10.3 Å². The number of carbonyl (C=O) groups excluding carboxylic acids is 1. The third-order valence-corrected chi connectivity index (χ3v) is 4.33. The molecular weight excluding hydrogens is 300 g/mol. The minimum atomic E-state index is -0.224. The monoisotopic (exact) mass is 320 g/mol. The number of aliphatic hydroxyl groups excluding tert-OH is 1. The molecule has 0 bridgehead atoms. The van der Waals surface area contributed by atoms with Crippen molar-refractivity contribution in [2.24, 2.45) is 0 Å². The number of ether oxygens (including phenoxy) is 1. The molecule has 2 N–H and O–H groups in total. The quantitative estimate of drug-likeness (QED) is 0.822. The van der Waals surface area contributed by atoms with Gasteiger partial charge < -0.3 is 15.2 Å². The summed E-state index contributed by atoms with van der Waals surface area (Å²) in [5, 5.41) is 12.7. The lowest BCUT2D eigenvalue weighted by molar-refractivity contribution is 0.0918. The predicted molar refractivity (Wildman–Crippen MR) is 86.3 cm³/mol. The maximum Gasteiger partial charge on any atom is 0.263 e. The van der Waals surface area contributed by atoms with E-state index in [2.05, 4.69) is 10.3 Å². The van der Waals surface area contributed by atoms with E-state index in [0.717, 1.165) is 10.8 Å². The van der Waals surface area contributed by atoms with Crippen LogP contribution in [0.15, 0.2) is 30.3 Å². The minimum Gasteiger partial charge on any atom is -0.486 e. The fraction of sp³-hybridized carbons (Fsp3) is 0.375. The molecule has 1 atom stereocenters. The van der Waals surface area contributed by atoms with Crippen molar-refractivity contribution in [2.45, 2.75) is 32.9 Å². The summed E-state index contributed by atoms with van der Waals surface area (Å²) in [4.78, 5) is 17.1. The van der Waals surface area contributed by atoms with Gasteiger partial charge in [0.2, 0.25) is 0 Å². The zero-order chi connectivity index (χ0) is 15.9. The van der Waals surface area contributed by atoms with Gasteiger partial charge >= 0.3 is 0 Å². The molecule has 0 aliphatic carbocycles. The van der Waals surface area contributed by atoms with E-state index in [0.29, 0.717) is 23.6 Å². The number of hydrogen-bond donors (Lipinski definition) is 2. The number of amides is 1. The maximum absolute atomic E-state index is 12.2. The van der Waals surface area contributed by atoms with Crippen LogP contribution >= 0.6 is 11.3 Å². The summed E-state index contributed by atoms with van der Waals surface area (Å²) < 4.78 is 5.64. The van der Waals surface area contributed by atoms with Gasteiger partial charge in [0.1, 0.15) is 22.2 Å². The molecule has 0 fully saturated rings. The Labute approximate surface area is 134 Å². The van der Waals surface area contributed by atoms with Crippen molar-refractivity contribution < 1.29 is 14.6 Å². The minimum absolute atomic E-state index is 0.0654. The number of para-hydroxylation sites is 1. The molecule has 0 spiro atoms. The Kier molecular flexibility index (Phi) is 5.91. The lowest BCUT2D eigenvalue weighted by Gasteiger charge is -2.13. The number of thiazole rings is 1. The van der Waals surface area contributed by atoms with Crippen LogP contribution in [0.4, 0.5) is 0 Å². The molecule has 5 nitrogen and oxygen atoms in total. The summed E-state index contributed by atoms with van der Waals surface area (Å²) in [6.07, 6.45) is 0.685. The van der Waals surface area contributed by atoms with Crippen LogP contribution in [0.3, 0.4) is 0 Å². The highest BCUT2D eigenvalue weighted by Crippen LogP contribution is 2.20. The summed E-state index contributed by atoms with van der Waals surface area (Å²) in [5.41, 5.74) is 0.682. The fourth-order valence-electron chi connectivity index (χ4n) is 1.91. The lowest BCUT2D eigenvalue weighted by atomic mass is 10.2. The first-order valence-corrected chi connectivity index (χ1v) is 8.01. The first kappa shape index (κ1) is 16.5. The smallest absolute Gasteiger partial charge is 0.263 e. The first-order chi connectivity index (χ1) is 10.6. The van der Waals surface area contributed by atoms with Gasteiger partial charge in [-0.25, -0.2) is 4.98 Å². The van der Waals surface area contributed by atoms with E-state index in [1.165, 1.54) is 11.3 Å². The molecule has 1 aromatic heterocycles. The molecule has 6 heteroatoms. The van der Waals surface area contributed by atoms with Crippen molar-refractivity contribution in [1.29, 1.82) is 0 Å². The number of aryl methyl sites for hydroxylation is 1. The average molecular weight is 320 g/mol. The zero-order valence-electron chi connectivity index (χ0n) is 12.7. The third kappa shape index (κ3) is 4.29. The van der Waals surface area contributed by atoms with Crippen LogP contribution in [0.5, 0.6) is 5.75 Å². The van der Waals surface area contributed by atoms with Gasteiger partial charge in [-0.15, -0.1) is 11.3 Å². The highest BCUT2D eigenvalue weighted by atomic mass is 32.1. The molecule has 118 valence electrons. The third-order valence-electron chi connectivity index (χ3n) is 3.20. The number of benzene rings is 1. The topological polar surface area (TPSA) is 71.5 Å². The Morgan fingerprint density at radius 1 is 1.41 bits per heavy atom. The zero-order valence-corrected chi connectivity index (χ0v) is 13.5. The molecular formula is C16H20N2O3S. The fourth-order valence-corrected chi connectivity index (χ4v) is 2.80. The van der Waals surface area contributed by atoms with Gasteiger partial charge in [-0.3, -0.25) is 4.79 Å². The van der Waals surface area contributed by atoms with Crippen LogP contribution in [0.1, 0.15) is 33.7 Å². The van der Waals surface area contributed by atoms with Crippen molar-refractivity contribution in [3.05, 3.63) is 45.9 Å². The molecule has 22 heavy (non-hydrogen) atoms. The molecule has 2 aromatic rings. The van der Waals surface area contributed by atoms with Gasteiger partial charge in [0.25, 0.3) is 5.91 Å². The normalized spacial score (nSPS) is 12.0. The summed E-state index contributed by atoms with van der Waals surface area (Å²) in [6.45, 7) is 3.99. The largest absolute Gasteiger partial charge is 0.486 e. The van der Waals surface area contributed by atoms with E-state index in [9.17, 15) is 4.79 Å². The number of nitrogens with zero attached hydrogens (tertiary/aromatic N) is 1. The second kappa shape index (κ2) is 7.91. The summed E-state index contributed by atoms with van der Waals surface area (Å²) >= 11 is 1.32. The van der Waals surface area contributed by atoms with Crippen LogP contribution < -0.4 is 10.1 Å². The Hall–Kier alpha value is -1.92. The Bertz CT molecular complexity index is 609. The van der Waals surface area contributed by atoms with Gasteiger partial charge in [0, 0.05) is 0 Å². The molecule has 1 heterocycles. The number of carbonyl (C=O) groups is 1. The van der Waals surface area contributed by atoms with Crippen LogP contribution in [0, 0.1) is 6.92 Å². The van der Waals surface area contributed by atoms with Crippen LogP contribution in [0.25, 0.3) is 0 Å². The Balaban J connectivity index is 2.00. The Morgan fingerprint density at radius 2 is 2.14 bits per heavy atom. The van der Waals surface area contributed by atoms with Crippen molar-refractivity contribution in [2.75, 3.05) is 6.61 Å². The molecule has 0 saturated heterocycles. The van der Waals surface area contributed by atoms with Crippen LogP contribution in [-0.4, -0.2) is 28.6 Å². The SMILES string of the molecule is CCC(CO)NC(=O)c1sc(COc2ccccc2)nc1C. The molecule has 2 rings (SSSR count). The first-order valence-electron chi connectivity index (χ1n) is 7.20. The number of hydrogen-bond acceptors (Lipinski definition) is 5. The molecule has 1 unspecified atom stereocenters. The van der Waals surface area contributed by atoms with Gasteiger partial charge in [-0.1, -0.05) is 25.1 Å². The lowest BCUT2D eigenvalue weighted by Crippen LogP contribution is -2.36. The standard InChI is InChI=1S/C16H20N2O3S/c1-3-12(9-19)18-16(20)15-11(2)17-14(22-15)10-21-13-7-5-4-6-8-13/h4-8,12,19H,3,9-10H2,1-2H3,(H,18,20). The predicted octanol–water partition coefficient (Wildman–Crippen LogP) is 2.53. The van der Waals surface area contributed by atoms with Gasteiger partial charge in [-0.05, 0) is 25.5 Å². The second-order valence-corrected chi connectivity index (χ2v) is 5.97. The highest BCUT2D eigenvalue weighted by Gasteiger charge is 2.18. The van der Waals surface area contributed by atoms with Crippen molar-refractivity contribution in [3.63, 3.8) is 0 Å². The highest BCUT2D eigenvalue weighted by molar-refractivity contribution is 7.13. The Morgan fingerprint density at radius 3 is 2.77 bits per heavy atom. The van der Waals surface area contributed by atoms with Gasteiger partial charge in [0.15, 0.2) is 0 Å². The van der Waals surface area contributed by atoms with E-state index in [1.54, 1.807) is 6.92 Å². The summed E-state index contributed by atoms with van der Waals surface area (Å²) in [5.74, 6) is 0.578. The van der Waals surface area contributed by atoms with Crippen molar-refractivity contribution >= 4 is 17.2 Å². The molecule has 0 aliphatic heterocycles. The second-order valence-electron chi connectivity index (χ2n) is 4.89. The number of aliphatic hydroxyl groups is 1. The van der Waals surface area contributed by atoms with Gasteiger partial charge in [-0.2, -0.15) is 0 Å². The van der Waals surface area contributed by atoms with E-state index in [1.807, 2.05) is 37.3 Å². The van der Waals surface area contributed by atoms with Crippen molar-refractivity contribution in [3.8, 4) is 5.75 Å². The molecule has 1 aromatic carbocycles. The molecule has 0 radical (unpaired) electrons. The number of nitrogens with one attached hydrogen (secondary N) is 1. The molecule has 0 aliphatic rings. The average Bonchev–Trinajstić information content (AvgIpc) is 2.92. The summed E-state index contributed by atoms with van der Waals surface area (Å²) in [7, 11) is 0. The van der Waals surface area contributed by atoms with E-state index < -0.39 is 0 Å². The number of aromatic nitrogens is 1. The van der Waals surface area contributed by atoms with Gasteiger partial charge in [0.05, 0.1) is 18.3 Å². The molecule has 1 amide bonds. The van der Waals surface area contributed by atoms with Crippen LogP contribution in [-0.2, 0) is 6.61 Å². The maximum atomic E-state index is 12.2. The summed E-state index contributed by atoms with van der Waals surface area (Å²) in [6, 6.07) is 9.26. The molecule has 0 saturated carbocycles. The number of rotatable bonds is 7. The van der Waals surface area contributed by atoms with Crippen LogP contribution in [0.2, 0.25) is 0 Å². The van der Waals surface area contributed by atoms with E-state index in [4.69, 9.17) is 9.84 Å².